The van der Waals surface area contributed by atoms with Crippen LogP contribution in [0.3, 0.4) is 0 Å². The van der Waals surface area contributed by atoms with Gasteiger partial charge < -0.3 is 14.6 Å². The number of amides is 1. The summed E-state index contributed by atoms with van der Waals surface area (Å²) in [6.07, 6.45) is 0. The molecule has 1 saturated heterocycles. The number of rotatable bonds is 3. The van der Waals surface area contributed by atoms with E-state index in [4.69, 9.17) is 9.47 Å². The van der Waals surface area contributed by atoms with Gasteiger partial charge in [0, 0.05) is 11.6 Å². The van der Waals surface area contributed by atoms with Gasteiger partial charge in [-0.3, -0.25) is 14.5 Å². The molecular formula is C25H16F3NO5. The second kappa shape index (κ2) is 8.26. The van der Waals surface area contributed by atoms with Crippen LogP contribution in [-0.4, -0.2) is 30.0 Å². The Morgan fingerprint density at radius 1 is 0.853 bits per heavy atom. The molecule has 0 aromatic heterocycles. The summed E-state index contributed by atoms with van der Waals surface area (Å²) in [5.41, 5.74) is -0.493. The van der Waals surface area contributed by atoms with Gasteiger partial charge >= 0.3 is 0 Å². The first kappa shape index (κ1) is 21.6. The van der Waals surface area contributed by atoms with Gasteiger partial charge in [-0.25, -0.2) is 13.2 Å². The zero-order valence-corrected chi connectivity index (χ0v) is 17.4. The topological polar surface area (TPSA) is 76.1 Å². The number of carbonyl (C=O) groups excluding carboxylic acids is 2. The number of halogens is 3. The molecule has 172 valence electrons. The Bertz CT molecular complexity index is 1350. The van der Waals surface area contributed by atoms with Crippen LogP contribution in [0.1, 0.15) is 17.2 Å². The molecule has 0 spiro atoms. The number of ketones is 1. The molecule has 2 heterocycles. The molecule has 1 N–H and O–H groups in total. The van der Waals surface area contributed by atoms with Crippen LogP contribution in [0.25, 0.3) is 5.76 Å². The van der Waals surface area contributed by atoms with E-state index in [1.165, 1.54) is 24.3 Å². The van der Waals surface area contributed by atoms with Crippen LogP contribution in [0.15, 0.2) is 66.2 Å². The highest BCUT2D eigenvalue weighted by Gasteiger charge is 2.48. The molecule has 1 unspecified atom stereocenters. The summed E-state index contributed by atoms with van der Waals surface area (Å²) < 4.78 is 53.2. The van der Waals surface area contributed by atoms with Crippen molar-refractivity contribution >= 4 is 23.1 Å². The average Bonchev–Trinajstić information content (AvgIpc) is 3.10. The lowest BCUT2D eigenvalue weighted by molar-refractivity contribution is -0.132. The highest BCUT2D eigenvalue weighted by atomic mass is 19.1. The number of ether oxygens (including phenoxy) is 2. The minimum absolute atomic E-state index is 0.147. The van der Waals surface area contributed by atoms with Gasteiger partial charge in [0.05, 0.1) is 17.3 Å². The fraction of sp³-hybridized carbons (Fsp3) is 0.120. The fourth-order valence-electron chi connectivity index (χ4n) is 4.06. The standard InChI is InChI=1S/C25H16F3NO5/c26-15-4-1-13(2-5-15)22-21(23(30)14-3-8-19-20(11-14)34-10-9-33-19)24(31)25(32)29(22)18-12-16(27)6-7-17(18)28/h1-8,11-12,22,30H,9-10H2/b23-21-. The average molecular weight is 467 g/mol. The van der Waals surface area contributed by atoms with Crippen molar-refractivity contribution in [2.24, 2.45) is 0 Å². The summed E-state index contributed by atoms with van der Waals surface area (Å²) in [5.74, 6) is -4.41. The number of hydrogen-bond donors (Lipinski definition) is 1. The van der Waals surface area contributed by atoms with E-state index in [1.54, 1.807) is 6.07 Å². The number of carbonyl (C=O) groups is 2. The first-order valence-electron chi connectivity index (χ1n) is 10.3. The lowest BCUT2D eigenvalue weighted by Crippen LogP contribution is -2.30. The predicted octanol–water partition coefficient (Wildman–Crippen LogP) is 4.50. The molecule has 5 rings (SSSR count). The van der Waals surface area contributed by atoms with Gasteiger partial charge in [-0.1, -0.05) is 12.1 Å². The molecule has 1 amide bonds. The maximum atomic E-state index is 14.7. The van der Waals surface area contributed by atoms with Crippen LogP contribution in [-0.2, 0) is 9.59 Å². The molecule has 1 fully saturated rings. The molecule has 6 nitrogen and oxygen atoms in total. The second-order valence-corrected chi connectivity index (χ2v) is 7.67. The Balaban J connectivity index is 1.72. The maximum Gasteiger partial charge on any atom is 0.300 e. The van der Waals surface area contributed by atoms with Crippen molar-refractivity contribution in [3.05, 3.63) is 94.8 Å². The summed E-state index contributed by atoms with van der Waals surface area (Å²) in [6.45, 7) is 0.642. The van der Waals surface area contributed by atoms with E-state index >= 15 is 0 Å². The lowest BCUT2D eigenvalue weighted by Gasteiger charge is -2.26. The molecule has 3 aromatic rings. The van der Waals surface area contributed by atoms with Crippen molar-refractivity contribution in [2.45, 2.75) is 6.04 Å². The largest absolute Gasteiger partial charge is 0.507 e. The summed E-state index contributed by atoms with van der Waals surface area (Å²) in [6, 6.07) is 10.4. The van der Waals surface area contributed by atoms with Gasteiger partial charge in [0.2, 0.25) is 0 Å². The van der Waals surface area contributed by atoms with E-state index < -0.39 is 46.6 Å². The van der Waals surface area contributed by atoms with Crippen molar-refractivity contribution in [1.29, 1.82) is 0 Å². The molecule has 2 aliphatic heterocycles. The number of fused-ring (bicyclic) bond motifs is 1. The zero-order chi connectivity index (χ0) is 24.0. The predicted molar refractivity (Wildman–Crippen MR) is 115 cm³/mol. The smallest absolute Gasteiger partial charge is 0.300 e. The van der Waals surface area contributed by atoms with E-state index in [0.717, 1.165) is 35.2 Å². The Morgan fingerprint density at radius 2 is 1.53 bits per heavy atom. The van der Waals surface area contributed by atoms with Gasteiger partial charge in [0.25, 0.3) is 11.7 Å². The van der Waals surface area contributed by atoms with Gasteiger partial charge in [-0.05, 0) is 48.0 Å². The van der Waals surface area contributed by atoms with Crippen molar-refractivity contribution in [2.75, 3.05) is 18.1 Å². The monoisotopic (exact) mass is 467 g/mol. The minimum Gasteiger partial charge on any atom is -0.507 e. The molecular weight excluding hydrogens is 451 g/mol. The van der Waals surface area contributed by atoms with E-state index in [-0.39, 0.29) is 23.3 Å². The second-order valence-electron chi connectivity index (χ2n) is 7.67. The molecule has 0 radical (unpaired) electrons. The number of Topliss-reactive ketones (excluding diaryl/α,β-unsaturated/α-hetero) is 1. The summed E-state index contributed by atoms with van der Waals surface area (Å²) in [7, 11) is 0. The van der Waals surface area contributed by atoms with Crippen LogP contribution < -0.4 is 14.4 Å². The Morgan fingerprint density at radius 3 is 2.26 bits per heavy atom. The molecule has 9 heteroatoms. The van der Waals surface area contributed by atoms with Gasteiger partial charge in [-0.15, -0.1) is 0 Å². The van der Waals surface area contributed by atoms with Crippen molar-refractivity contribution in [3.63, 3.8) is 0 Å². The van der Waals surface area contributed by atoms with Crippen LogP contribution in [0.5, 0.6) is 11.5 Å². The molecule has 1 atom stereocenters. The van der Waals surface area contributed by atoms with Crippen LogP contribution in [0.4, 0.5) is 18.9 Å². The third kappa shape index (κ3) is 3.55. The molecule has 34 heavy (non-hydrogen) atoms. The van der Waals surface area contributed by atoms with Crippen LogP contribution in [0, 0.1) is 17.5 Å². The maximum absolute atomic E-state index is 14.7. The molecule has 0 bridgehead atoms. The highest BCUT2D eigenvalue weighted by Crippen LogP contribution is 2.44. The number of aliphatic hydroxyl groups excluding tert-OH is 1. The quantitative estimate of drug-likeness (QED) is 0.349. The number of anilines is 1. The van der Waals surface area contributed by atoms with Crippen molar-refractivity contribution in [1.82, 2.24) is 0 Å². The van der Waals surface area contributed by atoms with E-state index in [0.29, 0.717) is 18.1 Å². The SMILES string of the molecule is O=C1C(=O)N(c2cc(F)ccc2F)C(c2ccc(F)cc2)/C1=C(/O)c1ccc2c(c1)OCCO2. The number of hydrogen-bond acceptors (Lipinski definition) is 5. The zero-order valence-electron chi connectivity index (χ0n) is 17.4. The van der Waals surface area contributed by atoms with Crippen LogP contribution in [0.2, 0.25) is 0 Å². The number of benzene rings is 3. The Kier molecular flexibility index (Phi) is 5.24. The van der Waals surface area contributed by atoms with E-state index in [1.807, 2.05) is 0 Å². The number of nitrogens with zero attached hydrogens (tertiary/aromatic N) is 1. The number of aliphatic hydroxyl groups is 1. The lowest BCUT2D eigenvalue weighted by atomic mass is 9.95. The van der Waals surface area contributed by atoms with E-state index in [9.17, 15) is 27.9 Å². The first-order valence-corrected chi connectivity index (χ1v) is 10.3. The summed E-state index contributed by atoms with van der Waals surface area (Å²) in [5, 5.41) is 11.1. The van der Waals surface area contributed by atoms with Gasteiger partial charge in [-0.2, -0.15) is 0 Å². The normalized spacial score (nSPS) is 18.9. The van der Waals surface area contributed by atoms with Crippen molar-refractivity contribution in [3.8, 4) is 11.5 Å². The van der Waals surface area contributed by atoms with Gasteiger partial charge in [0.1, 0.15) is 36.4 Å². The molecule has 0 aliphatic carbocycles. The minimum atomic E-state index is -1.34. The van der Waals surface area contributed by atoms with Gasteiger partial charge in [0.15, 0.2) is 11.5 Å². The van der Waals surface area contributed by atoms with E-state index in [2.05, 4.69) is 0 Å². The highest BCUT2D eigenvalue weighted by molar-refractivity contribution is 6.51. The molecule has 2 aliphatic rings. The molecule has 0 saturated carbocycles. The van der Waals surface area contributed by atoms with Crippen molar-refractivity contribution < 1.29 is 37.3 Å². The summed E-state index contributed by atoms with van der Waals surface area (Å²) >= 11 is 0. The van der Waals surface area contributed by atoms with Crippen LogP contribution >= 0.6 is 0 Å². The molecule has 3 aromatic carbocycles. The summed E-state index contributed by atoms with van der Waals surface area (Å²) in [4.78, 5) is 26.9. The first-order chi connectivity index (χ1) is 16.3. The Hall–Kier alpha value is -4.27. The fourth-order valence-corrected chi connectivity index (χ4v) is 4.06. The third-order valence-electron chi connectivity index (χ3n) is 5.61. The Labute approximate surface area is 191 Å². The third-order valence-corrected chi connectivity index (χ3v) is 5.61.